The monoisotopic (exact) mass is 555 g/mol. The molecule has 2 N–H and O–H groups in total. The fraction of sp³-hybridized carbons (Fsp3) is 0.138. The van der Waals surface area contributed by atoms with Gasteiger partial charge in [0.25, 0.3) is 5.22 Å². The lowest BCUT2D eigenvalue weighted by Gasteiger charge is -2.09. The number of fused-ring (bicyclic) bond motifs is 1. The number of rotatable bonds is 9. The van der Waals surface area contributed by atoms with E-state index in [0.29, 0.717) is 28.6 Å². The number of thioether (sulfide) groups is 1. The van der Waals surface area contributed by atoms with Crippen LogP contribution in [-0.2, 0) is 4.79 Å². The summed E-state index contributed by atoms with van der Waals surface area (Å²) in [5.41, 5.74) is 4.92. The SMILES string of the molecule is COc1ccc(-c2cc(-c3nnc(SCC(=O)Nc4ccc(/C(C)=N\O)cc4)o3)c3cc(OC)ccc3n2)cc1. The third-order valence-electron chi connectivity index (χ3n) is 6.10. The van der Waals surface area contributed by atoms with Gasteiger partial charge in [0.2, 0.25) is 11.8 Å². The van der Waals surface area contributed by atoms with Gasteiger partial charge < -0.3 is 24.4 Å². The minimum absolute atomic E-state index is 0.0719. The number of benzene rings is 3. The number of amides is 1. The first kappa shape index (κ1) is 26.7. The predicted octanol–water partition coefficient (Wildman–Crippen LogP) is 5.90. The first-order valence-corrected chi connectivity index (χ1v) is 13.1. The van der Waals surface area contributed by atoms with Crippen molar-refractivity contribution in [1.82, 2.24) is 15.2 Å². The number of carbonyl (C=O) groups is 1. The van der Waals surface area contributed by atoms with E-state index in [4.69, 9.17) is 24.1 Å². The van der Waals surface area contributed by atoms with Gasteiger partial charge in [-0.3, -0.25) is 4.79 Å². The van der Waals surface area contributed by atoms with E-state index in [1.54, 1.807) is 45.4 Å². The molecule has 1 amide bonds. The zero-order chi connectivity index (χ0) is 28.1. The first-order valence-electron chi connectivity index (χ1n) is 12.2. The molecule has 0 unspecified atom stereocenters. The quantitative estimate of drug-likeness (QED) is 0.0987. The van der Waals surface area contributed by atoms with Crippen LogP contribution in [0.4, 0.5) is 5.69 Å². The van der Waals surface area contributed by atoms with Crippen molar-refractivity contribution in [3.63, 3.8) is 0 Å². The van der Waals surface area contributed by atoms with E-state index < -0.39 is 0 Å². The Morgan fingerprint density at radius 1 is 0.975 bits per heavy atom. The normalized spacial score (nSPS) is 11.4. The number of nitrogens with one attached hydrogen (secondary N) is 1. The van der Waals surface area contributed by atoms with Gasteiger partial charge in [-0.25, -0.2) is 4.98 Å². The minimum Gasteiger partial charge on any atom is -0.497 e. The predicted molar refractivity (Wildman–Crippen MR) is 153 cm³/mol. The van der Waals surface area contributed by atoms with Crippen molar-refractivity contribution in [3.8, 4) is 34.2 Å². The molecular formula is C29H25N5O5S. The number of anilines is 1. The number of nitrogens with zero attached hydrogens (tertiary/aromatic N) is 4. The fourth-order valence-corrected chi connectivity index (χ4v) is 4.54. The molecule has 0 aliphatic rings. The Hall–Kier alpha value is -4.90. The lowest BCUT2D eigenvalue weighted by Crippen LogP contribution is -2.14. The lowest BCUT2D eigenvalue weighted by atomic mass is 10.0. The molecular weight excluding hydrogens is 530 g/mol. The molecule has 0 atom stereocenters. The summed E-state index contributed by atoms with van der Waals surface area (Å²) < 4.78 is 16.7. The summed E-state index contributed by atoms with van der Waals surface area (Å²) >= 11 is 1.13. The van der Waals surface area contributed by atoms with E-state index in [1.807, 2.05) is 48.5 Å². The smallest absolute Gasteiger partial charge is 0.277 e. The number of aromatic nitrogens is 3. The zero-order valence-corrected chi connectivity index (χ0v) is 22.7. The fourth-order valence-electron chi connectivity index (χ4n) is 3.97. The van der Waals surface area contributed by atoms with E-state index in [-0.39, 0.29) is 16.9 Å². The van der Waals surface area contributed by atoms with Crippen molar-refractivity contribution >= 4 is 40.0 Å². The molecule has 3 aromatic carbocycles. The molecule has 0 aliphatic carbocycles. The highest BCUT2D eigenvalue weighted by Gasteiger charge is 2.17. The van der Waals surface area contributed by atoms with Crippen molar-refractivity contribution in [1.29, 1.82) is 0 Å². The molecule has 2 aromatic heterocycles. The zero-order valence-electron chi connectivity index (χ0n) is 21.9. The van der Waals surface area contributed by atoms with Gasteiger partial charge in [-0.05, 0) is 73.2 Å². The van der Waals surface area contributed by atoms with Gasteiger partial charge in [0.15, 0.2) is 0 Å². The Bertz CT molecular complexity index is 1680. The summed E-state index contributed by atoms with van der Waals surface area (Å²) in [5.74, 6) is 1.56. The Labute approximate surface area is 234 Å². The largest absolute Gasteiger partial charge is 0.497 e. The second-order valence-electron chi connectivity index (χ2n) is 8.64. The first-order chi connectivity index (χ1) is 19.5. The van der Waals surface area contributed by atoms with Crippen LogP contribution in [0.1, 0.15) is 12.5 Å². The summed E-state index contributed by atoms with van der Waals surface area (Å²) in [6, 6.07) is 22.1. The molecule has 5 aromatic rings. The lowest BCUT2D eigenvalue weighted by molar-refractivity contribution is -0.113. The van der Waals surface area contributed by atoms with E-state index in [9.17, 15) is 4.79 Å². The summed E-state index contributed by atoms with van der Waals surface area (Å²) in [6.07, 6.45) is 0. The van der Waals surface area contributed by atoms with Gasteiger partial charge in [0, 0.05) is 16.6 Å². The van der Waals surface area contributed by atoms with Gasteiger partial charge in [0.05, 0.1) is 42.5 Å². The Morgan fingerprint density at radius 2 is 1.70 bits per heavy atom. The van der Waals surface area contributed by atoms with Crippen LogP contribution in [0, 0.1) is 0 Å². The molecule has 2 heterocycles. The van der Waals surface area contributed by atoms with Gasteiger partial charge in [-0.1, -0.05) is 29.1 Å². The average molecular weight is 556 g/mol. The molecule has 0 radical (unpaired) electrons. The molecule has 11 heteroatoms. The molecule has 5 rings (SSSR count). The molecule has 0 saturated carbocycles. The maximum atomic E-state index is 12.5. The molecule has 0 spiro atoms. The number of pyridine rings is 1. The number of hydrogen-bond acceptors (Lipinski definition) is 10. The van der Waals surface area contributed by atoms with Crippen molar-refractivity contribution < 1.29 is 23.9 Å². The summed E-state index contributed by atoms with van der Waals surface area (Å²) in [5, 5.41) is 24.4. The summed E-state index contributed by atoms with van der Waals surface area (Å²) in [6.45, 7) is 1.69. The van der Waals surface area contributed by atoms with Gasteiger partial charge in [-0.15, -0.1) is 10.2 Å². The molecule has 0 saturated heterocycles. The molecule has 202 valence electrons. The summed E-state index contributed by atoms with van der Waals surface area (Å²) in [4.78, 5) is 17.3. The Kier molecular flexibility index (Phi) is 7.92. The maximum Gasteiger partial charge on any atom is 0.277 e. The van der Waals surface area contributed by atoms with Crippen molar-refractivity contribution in [2.24, 2.45) is 5.16 Å². The van der Waals surface area contributed by atoms with Crippen LogP contribution in [0.25, 0.3) is 33.6 Å². The van der Waals surface area contributed by atoms with Crippen LogP contribution in [0.5, 0.6) is 11.5 Å². The third-order valence-corrected chi connectivity index (χ3v) is 6.92. The van der Waals surface area contributed by atoms with Crippen LogP contribution in [0.3, 0.4) is 0 Å². The maximum absolute atomic E-state index is 12.5. The van der Waals surface area contributed by atoms with E-state index in [2.05, 4.69) is 20.7 Å². The van der Waals surface area contributed by atoms with Crippen molar-refractivity contribution in [3.05, 3.63) is 78.4 Å². The van der Waals surface area contributed by atoms with Crippen LogP contribution >= 0.6 is 11.8 Å². The number of oxime groups is 1. The molecule has 0 aliphatic heterocycles. The van der Waals surface area contributed by atoms with Crippen LogP contribution < -0.4 is 14.8 Å². The summed E-state index contributed by atoms with van der Waals surface area (Å²) in [7, 11) is 3.22. The van der Waals surface area contributed by atoms with Gasteiger partial charge in [0.1, 0.15) is 11.5 Å². The Morgan fingerprint density at radius 3 is 2.40 bits per heavy atom. The van der Waals surface area contributed by atoms with Crippen molar-refractivity contribution in [2.45, 2.75) is 12.1 Å². The standard InChI is InChI=1S/C29H25N5O5S/c1-17(34-36)18-4-8-20(9-5-18)30-27(35)16-40-29-33-32-28(39-29)24-15-26(19-6-10-21(37-2)11-7-19)31-25-13-12-22(38-3)14-23(24)25/h4-15,36H,16H2,1-3H3,(H,30,35)/b34-17-. The van der Waals surface area contributed by atoms with Crippen LogP contribution in [0.15, 0.2) is 87.6 Å². The second kappa shape index (κ2) is 11.9. The second-order valence-corrected chi connectivity index (χ2v) is 9.57. The number of methoxy groups -OCH3 is 2. The highest BCUT2D eigenvalue weighted by molar-refractivity contribution is 7.99. The number of carbonyl (C=O) groups excluding carboxylic acids is 1. The number of hydrogen-bond donors (Lipinski definition) is 2. The highest BCUT2D eigenvalue weighted by atomic mass is 32.2. The molecule has 0 fully saturated rings. The molecule has 10 nitrogen and oxygen atoms in total. The van der Waals surface area contributed by atoms with Crippen LogP contribution in [-0.4, -0.2) is 52.0 Å². The van der Waals surface area contributed by atoms with Gasteiger partial charge >= 0.3 is 0 Å². The minimum atomic E-state index is -0.231. The molecule has 40 heavy (non-hydrogen) atoms. The Balaban J connectivity index is 1.36. The third kappa shape index (κ3) is 5.89. The van der Waals surface area contributed by atoms with E-state index in [0.717, 1.165) is 45.2 Å². The average Bonchev–Trinajstić information content (AvgIpc) is 3.48. The van der Waals surface area contributed by atoms with Gasteiger partial charge in [-0.2, -0.15) is 0 Å². The number of ether oxygens (including phenoxy) is 2. The molecule has 0 bridgehead atoms. The highest BCUT2D eigenvalue weighted by Crippen LogP contribution is 2.35. The van der Waals surface area contributed by atoms with E-state index in [1.165, 1.54) is 0 Å². The topological polar surface area (TPSA) is 132 Å². The van der Waals surface area contributed by atoms with Crippen molar-refractivity contribution in [2.75, 3.05) is 25.3 Å². The van der Waals surface area contributed by atoms with Crippen LogP contribution in [0.2, 0.25) is 0 Å². The van der Waals surface area contributed by atoms with E-state index >= 15 is 0 Å².